The number of carbonyl (C=O) groups is 2. The molecule has 0 atom stereocenters. The van der Waals surface area contributed by atoms with Gasteiger partial charge in [-0.05, 0) is 86.7 Å². The van der Waals surface area contributed by atoms with Gasteiger partial charge in [-0.3, -0.25) is 14.0 Å². The Morgan fingerprint density at radius 3 is 2.41 bits per heavy atom. The van der Waals surface area contributed by atoms with Gasteiger partial charge in [0.1, 0.15) is 11.3 Å². The van der Waals surface area contributed by atoms with Gasteiger partial charge in [-0.25, -0.2) is 4.98 Å². The van der Waals surface area contributed by atoms with Crippen molar-refractivity contribution in [2.24, 2.45) is 23.2 Å². The summed E-state index contributed by atoms with van der Waals surface area (Å²) in [6.45, 7) is 2.23. The van der Waals surface area contributed by atoms with Crippen molar-refractivity contribution in [3.8, 4) is 0 Å². The number of amides is 2. The molecule has 1 N–H and O–H groups in total. The van der Waals surface area contributed by atoms with Crippen LogP contribution < -0.4 is 5.32 Å². The molecule has 3 heterocycles. The van der Waals surface area contributed by atoms with Crippen LogP contribution in [0.5, 0.6) is 0 Å². The molecule has 7 heteroatoms. The number of ether oxygens (including phenoxy) is 1. The zero-order valence-electron chi connectivity index (χ0n) is 20.2. The van der Waals surface area contributed by atoms with Gasteiger partial charge in [-0.2, -0.15) is 0 Å². The fraction of sp³-hybridized carbons (Fsp3) is 0.667. The van der Waals surface area contributed by atoms with Crippen LogP contribution >= 0.6 is 0 Å². The van der Waals surface area contributed by atoms with Gasteiger partial charge in [-0.1, -0.05) is 6.07 Å². The number of hydrogen-bond donors (Lipinski definition) is 1. The van der Waals surface area contributed by atoms with Crippen LogP contribution in [-0.2, 0) is 16.0 Å². The Bertz CT molecular complexity index is 1050. The van der Waals surface area contributed by atoms with E-state index in [9.17, 15) is 9.59 Å². The normalized spacial score (nSPS) is 30.7. The topological polar surface area (TPSA) is 75.9 Å². The first-order chi connectivity index (χ1) is 16.5. The van der Waals surface area contributed by atoms with Gasteiger partial charge in [0, 0.05) is 32.9 Å². The quantitative estimate of drug-likeness (QED) is 0.710. The molecule has 4 saturated carbocycles. The number of carbonyl (C=O) groups excluding carboxylic acids is 2. The summed E-state index contributed by atoms with van der Waals surface area (Å²) in [5, 5.41) is 3.28. The van der Waals surface area contributed by atoms with Crippen molar-refractivity contribution in [3.05, 3.63) is 35.8 Å². The van der Waals surface area contributed by atoms with E-state index in [1.807, 2.05) is 33.7 Å². The highest BCUT2D eigenvalue weighted by Crippen LogP contribution is 2.59. The van der Waals surface area contributed by atoms with Crippen molar-refractivity contribution >= 4 is 17.5 Å². The SMILES string of the molecule is COC1CCN(C(=O)Cc2cn3c(C(=O)NCC45CC6CC(CC(C6)C4)C5)cccc3n2)CC1. The van der Waals surface area contributed by atoms with E-state index in [2.05, 4.69) is 10.3 Å². The van der Waals surface area contributed by atoms with Gasteiger partial charge >= 0.3 is 0 Å². The standard InChI is InChI=1S/C27H36N4O3/c1-34-22-5-7-30(8-6-22)25(32)12-21-16-31-23(3-2-4-24(31)29-21)26(33)28-17-27-13-18-9-19(14-27)11-20(10-18)15-27/h2-4,16,18-20,22H,5-15,17H2,1H3,(H,28,33). The van der Waals surface area contributed by atoms with E-state index in [1.165, 1.54) is 38.5 Å². The highest BCUT2D eigenvalue weighted by Gasteiger charge is 2.50. The number of aromatic nitrogens is 2. The molecule has 7 rings (SSSR count). The molecule has 182 valence electrons. The lowest BCUT2D eigenvalue weighted by molar-refractivity contribution is -0.132. The van der Waals surface area contributed by atoms with Crippen molar-refractivity contribution < 1.29 is 14.3 Å². The molecule has 2 aromatic heterocycles. The van der Waals surface area contributed by atoms with Crippen LogP contribution in [0, 0.1) is 23.2 Å². The van der Waals surface area contributed by atoms with Crippen molar-refractivity contribution in [2.75, 3.05) is 26.7 Å². The number of hydrogen-bond acceptors (Lipinski definition) is 4. The number of nitrogens with one attached hydrogen (secondary N) is 1. The monoisotopic (exact) mass is 464 g/mol. The zero-order chi connectivity index (χ0) is 23.3. The molecule has 4 aliphatic carbocycles. The number of methoxy groups -OCH3 is 1. The average Bonchev–Trinajstić information content (AvgIpc) is 3.24. The Balaban J connectivity index is 1.12. The number of fused-ring (bicyclic) bond motifs is 1. The number of imidazole rings is 1. The summed E-state index contributed by atoms with van der Waals surface area (Å²) < 4.78 is 7.25. The summed E-state index contributed by atoms with van der Waals surface area (Å²) >= 11 is 0. The second kappa shape index (κ2) is 8.67. The van der Waals surface area contributed by atoms with E-state index in [0.29, 0.717) is 22.5 Å². The first-order valence-electron chi connectivity index (χ1n) is 13.1. The van der Waals surface area contributed by atoms with E-state index < -0.39 is 0 Å². The molecular formula is C27H36N4O3. The number of nitrogens with zero attached hydrogens (tertiary/aromatic N) is 3. The first-order valence-corrected chi connectivity index (χ1v) is 13.1. The highest BCUT2D eigenvalue weighted by atomic mass is 16.5. The van der Waals surface area contributed by atoms with Crippen LogP contribution in [0.3, 0.4) is 0 Å². The molecule has 0 spiro atoms. The molecule has 5 fully saturated rings. The Morgan fingerprint density at radius 1 is 1.09 bits per heavy atom. The third-order valence-electron chi connectivity index (χ3n) is 9.02. The van der Waals surface area contributed by atoms with E-state index in [1.54, 1.807) is 7.11 Å². The fourth-order valence-electron chi connectivity index (χ4n) is 7.80. The summed E-state index contributed by atoms with van der Waals surface area (Å²) in [5.74, 6) is 2.67. The van der Waals surface area contributed by atoms with E-state index in [0.717, 1.165) is 50.2 Å². The first kappa shape index (κ1) is 22.1. The average molecular weight is 465 g/mol. The molecule has 2 amide bonds. The van der Waals surface area contributed by atoms with Gasteiger partial charge in [0.2, 0.25) is 5.91 Å². The van der Waals surface area contributed by atoms with Crippen molar-refractivity contribution in [2.45, 2.75) is 63.9 Å². The van der Waals surface area contributed by atoms with E-state index in [4.69, 9.17) is 4.74 Å². The summed E-state index contributed by atoms with van der Waals surface area (Å²) in [6, 6.07) is 5.63. The van der Waals surface area contributed by atoms with Crippen molar-refractivity contribution in [1.82, 2.24) is 19.6 Å². The van der Waals surface area contributed by atoms with Gasteiger partial charge in [0.15, 0.2) is 0 Å². The lowest BCUT2D eigenvalue weighted by Crippen LogP contribution is -2.51. The second-order valence-electron chi connectivity index (χ2n) is 11.5. The van der Waals surface area contributed by atoms with E-state index in [-0.39, 0.29) is 24.3 Å². The van der Waals surface area contributed by atoms with Crippen LogP contribution in [0.2, 0.25) is 0 Å². The summed E-state index contributed by atoms with van der Waals surface area (Å²) in [5.41, 5.74) is 2.32. The molecule has 2 aromatic rings. The molecule has 1 aliphatic heterocycles. The summed E-state index contributed by atoms with van der Waals surface area (Å²) in [6.07, 6.45) is 12.2. The van der Waals surface area contributed by atoms with Crippen LogP contribution in [0.25, 0.3) is 5.65 Å². The van der Waals surface area contributed by atoms with Crippen LogP contribution in [-0.4, -0.2) is 58.9 Å². The Labute approximate surface area is 201 Å². The number of piperidine rings is 1. The number of rotatable bonds is 6. The molecule has 34 heavy (non-hydrogen) atoms. The maximum atomic E-state index is 13.2. The zero-order valence-corrected chi connectivity index (χ0v) is 20.2. The Kier molecular flexibility index (Phi) is 5.63. The minimum absolute atomic E-state index is 0.0433. The van der Waals surface area contributed by atoms with Gasteiger partial charge in [0.25, 0.3) is 5.91 Å². The Hall–Kier alpha value is -2.41. The molecular weight excluding hydrogens is 428 g/mol. The maximum Gasteiger partial charge on any atom is 0.268 e. The maximum absolute atomic E-state index is 13.2. The Morgan fingerprint density at radius 2 is 1.76 bits per heavy atom. The fourth-order valence-corrected chi connectivity index (χ4v) is 7.80. The van der Waals surface area contributed by atoms with Gasteiger partial charge < -0.3 is 15.0 Å². The second-order valence-corrected chi connectivity index (χ2v) is 11.5. The smallest absolute Gasteiger partial charge is 0.268 e. The van der Waals surface area contributed by atoms with Crippen molar-refractivity contribution in [3.63, 3.8) is 0 Å². The predicted octanol–water partition coefficient (Wildman–Crippen LogP) is 3.46. The number of likely N-dealkylation sites (tertiary alicyclic amines) is 1. The third-order valence-corrected chi connectivity index (χ3v) is 9.02. The highest BCUT2D eigenvalue weighted by molar-refractivity contribution is 5.93. The molecule has 1 saturated heterocycles. The minimum Gasteiger partial charge on any atom is -0.381 e. The lowest BCUT2D eigenvalue weighted by atomic mass is 9.49. The van der Waals surface area contributed by atoms with Gasteiger partial charge in [-0.15, -0.1) is 0 Å². The molecule has 7 nitrogen and oxygen atoms in total. The molecule has 5 aliphatic rings. The minimum atomic E-state index is -0.0433. The van der Waals surface area contributed by atoms with Crippen LogP contribution in [0.1, 0.15) is 67.5 Å². The predicted molar refractivity (Wildman–Crippen MR) is 128 cm³/mol. The van der Waals surface area contributed by atoms with E-state index >= 15 is 0 Å². The molecule has 0 aromatic carbocycles. The number of pyridine rings is 1. The third kappa shape index (κ3) is 4.12. The summed E-state index contributed by atoms with van der Waals surface area (Å²) in [4.78, 5) is 32.6. The molecule has 0 unspecified atom stereocenters. The van der Waals surface area contributed by atoms with Crippen LogP contribution in [0.15, 0.2) is 24.4 Å². The summed E-state index contributed by atoms with van der Waals surface area (Å²) in [7, 11) is 1.73. The largest absolute Gasteiger partial charge is 0.381 e. The molecule has 0 radical (unpaired) electrons. The molecule has 4 bridgehead atoms. The van der Waals surface area contributed by atoms with Crippen LogP contribution in [0.4, 0.5) is 0 Å². The lowest BCUT2D eigenvalue weighted by Gasteiger charge is -2.56. The van der Waals surface area contributed by atoms with Crippen molar-refractivity contribution in [1.29, 1.82) is 0 Å². The van der Waals surface area contributed by atoms with Gasteiger partial charge in [0.05, 0.1) is 18.2 Å².